The van der Waals surface area contributed by atoms with E-state index in [1.54, 1.807) is 12.1 Å². The molecule has 0 amide bonds. The van der Waals surface area contributed by atoms with E-state index < -0.39 is 0 Å². The molecule has 114 valence electrons. The van der Waals surface area contributed by atoms with Gasteiger partial charge in [0, 0.05) is 25.2 Å². The molecule has 0 spiro atoms. The highest BCUT2D eigenvalue weighted by atomic mass is 19.1. The van der Waals surface area contributed by atoms with Crippen LogP contribution in [0.5, 0.6) is 0 Å². The molecule has 1 aromatic carbocycles. The number of rotatable bonds is 6. The van der Waals surface area contributed by atoms with Gasteiger partial charge in [-0.1, -0.05) is 25.5 Å². The molecule has 1 N–H and O–H groups in total. The van der Waals surface area contributed by atoms with Crippen LogP contribution in [0.25, 0.3) is 0 Å². The Morgan fingerprint density at radius 2 is 1.95 bits per heavy atom. The average Bonchev–Trinajstić information content (AvgIpc) is 2.35. The van der Waals surface area contributed by atoms with E-state index in [0.29, 0.717) is 12.6 Å². The van der Waals surface area contributed by atoms with E-state index in [4.69, 9.17) is 0 Å². The fraction of sp³-hybridized carbons (Fsp3) is 0.647. The zero-order chi connectivity index (χ0) is 15.3. The molecule has 0 aliphatic rings. The van der Waals surface area contributed by atoms with Gasteiger partial charge < -0.3 is 10.2 Å². The van der Waals surface area contributed by atoms with Gasteiger partial charge in [-0.15, -0.1) is 0 Å². The number of anilines is 1. The molecule has 0 aromatic heterocycles. The number of nitrogens with zero attached hydrogens (tertiary/aromatic N) is 1. The van der Waals surface area contributed by atoms with Crippen molar-refractivity contribution < 1.29 is 4.39 Å². The average molecular weight is 280 g/mol. The zero-order valence-corrected chi connectivity index (χ0v) is 13.8. The molecule has 1 unspecified atom stereocenters. The van der Waals surface area contributed by atoms with Crippen molar-refractivity contribution in [1.82, 2.24) is 5.32 Å². The van der Waals surface area contributed by atoms with Crippen LogP contribution in [-0.2, 0) is 6.54 Å². The normalized spacial score (nSPS) is 13.3. The molecule has 0 saturated heterocycles. The minimum atomic E-state index is -0.135. The van der Waals surface area contributed by atoms with E-state index >= 15 is 0 Å². The SMILES string of the molecule is CCCC(C)N(C)c1c(F)cccc1CNC(C)(C)C. The molecule has 0 heterocycles. The summed E-state index contributed by atoms with van der Waals surface area (Å²) >= 11 is 0. The van der Waals surface area contributed by atoms with Crippen molar-refractivity contribution in [3.8, 4) is 0 Å². The van der Waals surface area contributed by atoms with Crippen molar-refractivity contribution in [2.75, 3.05) is 11.9 Å². The van der Waals surface area contributed by atoms with E-state index in [1.165, 1.54) is 0 Å². The van der Waals surface area contributed by atoms with Gasteiger partial charge in [-0.25, -0.2) is 4.39 Å². The lowest BCUT2D eigenvalue weighted by molar-refractivity contribution is 0.423. The molecule has 0 fully saturated rings. The molecule has 0 radical (unpaired) electrons. The minimum absolute atomic E-state index is 0.0250. The molecule has 0 aliphatic carbocycles. The summed E-state index contributed by atoms with van der Waals surface area (Å²) in [7, 11) is 1.99. The fourth-order valence-corrected chi connectivity index (χ4v) is 2.29. The Morgan fingerprint density at radius 1 is 1.30 bits per heavy atom. The molecule has 0 aliphatic heterocycles. The Bertz CT molecular complexity index is 423. The van der Waals surface area contributed by atoms with Crippen molar-refractivity contribution in [3.63, 3.8) is 0 Å². The molecule has 1 atom stereocenters. The Labute approximate surface area is 123 Å². The Kier molecular flexibility index (Phi) is 6.00. The van der Waals surface area contributed by atoms with E-state index in [2.05, 4.69) is 44.8 Å². The van der Waals surface area contributed by atoms with Crippen molar-refractivity contribution >= 4 is 5.69 Å². The van der Waals surface area contributed by atoms with Crippen LogP contribution in [0.3, 0.4) is 0 Å². The van der Waals surface area contributed by atoms with Crippen LogP contribution < -0.4 is 10.2 Å². The smallest absolute Gasteiger partial charge is 0.146 e. The largest absolute Gasteiger partial charge is 0.369 e. The number of hydrogen-bond donors (Lipinski definition) is 1. The number of para-hydroxylation sites is 1. The maximum absolute atomic E-state index is 14.3. The zero-order valence-electron chi connectivity index (χ0n) is 13.8. The first kappa shape index (κ1) is 17.0. The van der Waals surface area contributed by atoms with Gasteiger partial charge in [-0.2, -0.15) is 0 Å². The maximum Gasteiger partial charge on any atom is 0.146 e. The van der Waals surface area contributed by atoms with Crippen molar-refractivity contribution in [3.05, 3.63) is 29.6 Å². The first-order valence-corrected chi connectivity index (χ1v) is 7.51. The maximum atomic E-state index is 14.3. The summed E-state index contributed by atoms with van der Waals surface area (Å²) < 4.78 is 14.3. The number of benzene rings is 1. The van der Waals surface area contributed by atoms with E-state index in [1.807, 2.05) is 13.1 Å². The Morgan fingerprint density at radius 3 is 2.50 bits per heavy atom. The summed E-state index contributed by atoms with van der Waals surface area (Å²) in [5, 5.41) is 3.44. The monoisotopic (exact) mass is 280 g/mol. The number of nitrogens with one attached hydrogen (secondary N) is 1. The quantitative estimate of drug-likeness (QED) is 0.834. The third kappa shape index (κ3) is 4.78. The standard InChI is InChI=1S/C17H29FN2/c1-7-9-13(2)20(6)16-14(10-8-11-15(16)18)12-19-17(3,4)5/h8,10-11,13,19H,7,9,12H2,1-6H3. The summed E-state index contributed by atoms with van der Waals surface area (Å²) in [6, 6.07) is 5.68. The molecular weight excluding hydrogens is 251 g/mol. The second kappa shape index (κ2) is 7.07. The van der Waals surface area contributed by atoms with Gasteiger partial charge in [0.1, 0.15) is 5.82 Å². The van der Waals surface area contributed by atoms with Gasteiger partial charge in [-0.3, -0.25) is 0 Å². The molecule has 0 saturated carbocycles. The highest BCUT2D eigenvalue weighted by molar-refractivity contribution is 5.55. The van der Waals surface area contributed by atoms with E-state index in [0.717, 1.165) is 24.1 Å². The predicted octanol–water partition coefficient (Wildman–Crippen LogP) is 4.34. The van der Waals surface area contributed by atoms with Crippen LogP contribution in [0.15, 0.2) is 18.2 Å². The molecule has 1 rings (SSSR count). The van der Waals surface area contributed by atoms with E-state index in [9.17, 15) is 4.39 Å². The summed E-state index contributed by atoms with van der Waals surface area (Å²) in [6.45, 7) is 11.4. The minimum Gasteiger partial charge on any atom is -0.369 e. The number of hydrogen-bond acceptors (Lipinski definition) is 2. The van der Waals surface area contributed by atoms with Crippen LogP contribution in [0.2, 0.25) is 0 Å². The summed E-state index contributed by atoms with van der Waals surface area (Å²) in [5.74, 6) is -0.135. The van der Waals surface area contributed by atoms with Gasteiger partial charge >= 0.3 is 0 Å². The van der Waals surface area contributed by atoms with E-state index in [-0.39, 0.29) is 11.4 Å². The highest BCUT2D eigenvalue weighted by Crippen LogP contribution is 2.26. The van der Waals surface area contributed by atoms with Gasteiger partial charge in [0.2, 0.25) is 0 Å². The summed E-state index contributed by atoms with van der Waals surface area (Å²) in [4.78, 5) is 2.07. The van der Waals surface area contributed by atoms with Gasteiger partial charge in [0.05, 0.1) is 5.69 Å². The second-order valence-electron chi connectivity index (χ2n) is 6.60. The van der Waals surface area contributed by atoms with Crippen molar-refractivity contribution in [2.45, 2.75) is 65.6 Å². The summed E-state index contributed by atoms with van der Waals surface area (Å²) in [5.41, 5.74) is 1.77. The molecule has 2 nitrogen and oxygen atoms in total. The first-order chi connectivity index (χ1) is 9.26. The van der Waals surface area contributed by atoms with Crippen LogP contribution in [0.4, 0.5) is 10.1 Å². The first-order valence-electron chi connectivity index (χ1n) is 7.51. The van der Waals surface area contributed by atoms with Crippen LogP contribution in [0, 0.1) is 5.82 Å². The van der Waals surface area contributed by atoms with Crippen LogP contribution >= 0.6 is 0 Å². The lowest BCUT2D eigenvalue weighted by Gasteiger charge is -2.30. The highest BCUT2D eigenvalue weighted by Gasteiger charge is 2.18. The van der Waals surface area contributed by atoms with Crippen LogP contribution in [0.1, 0.15) is 53.0 Å². The topological polar surface area (TPSA) is 15.3 Å². The predicted molar refractivity (Wildman–Crippen MR) is 85.8 cm³/mol. The molecule has 3 heteroatoms. The lowest BCUT2D eigenvalue weighted by Crippen LogP contribution is -2.36. The molecular formula is C17H29FN2. The van der Waals surface area contributed by atoms with Crippen molar-refractivity contribution in [2.24, 2.45) is 0 Å². The molecule has 0 bridgehead atoms. The van der Waals surface area contributed by atoms with Gasteiger partial charge in [0.15, 0.2) is 0 Å². The second-order valence-corrected chi connectivity index (χ2v) is 6.60. The molecule has 1 aromatic rings. The van der Waals surface area contributed by atoms with Gasteiger partial charge in [0.25, 0.3) is 0 Å². The Balaban J connectivity index is 2.98. The lowest BCUT2D eigenvalue weighted by atomic mass is 10.1. The summed E-state index contributed by atoms with van der Waals surface area (Å²) in [6.07, 6.45) is 2.17. The van der Waals surface area contributed by atoms with Gasteiger partial charge in [-0.05, 0) is 45.7 Å². The van der Waals surface area contributed by atoms with Crippen LogP contribution in [-0.4, -0.2) is 18.6 Å². The Hall–Kier alpha value is -1.09. The fourth-order valence-electron chi connectivity index (χ4n) is 2.29. The third-order valence-electron chi connectivity index (χ3n) is 3.60. The number of halogens is 1. The third-order valence-corrected chi connectivity index (χ3v) is 3.60. The van der Waals surface area contributed by atoms with Crippen molar-refractivity contribution in [1.29, 1.82) is 0 Å². The molecule has 20 heavy (non-hydrogen) atoms.